The first kappa shape index (κ1) is 19.4. The minimum Gasteiger partial charge on any atom is -0.497 e. The Morgan fingerprint density at radius 1 is 0.967 bits per heavy atom. The van der Waals surface area contributed by atoms with E-state index in [-0.39, 0.29) is 18.9 Å². The van der Waals surface area contributed by atoms with Crippen molar-refractivity contribution in [3.05, 3.63) is 71.9 Å². The summed E-state index contributed by atoms with van der Waals surface area (Å²) in [5, 5.41) is 3.85. The van der Waals surface area contributed by atoms with Crippen LogP contribution in [-0.4, -0.2) is 28.2 Å². The fourth-order valence-corrected chi connectivity index (χ4v) is 2.79. The molecule has 0 amide bonds. The van der Waals surface area contributed by atoms with E-state index < -0.39 is 5.97 Å². The minimum atomic E-state index is -0.457. The summed E-state index contributed by atoms with van der Waals surface area (Å²) in [7, 11) is 1.59. The van der Waals surface area contributed by atoms with E-state index in [4.69, 9.17) is 18.4 Å². The van der Waals surface area contributed by atoms with Gasteiger partial charge in [-0.15, -0.1) is 0 Å². The van der Waals surface area contributed by atoms with Gasteiger partial charge in [0.25, 0.3) is 5.89 Å². The third-order valence-electron chi connectivity index (χ3n) is 4.39. The van der Waals surface area contributed by atoms with Crippen molar-refractivity contribution in [2.45, 2.75) is 20.0 Å². The van der Waals surface area contributed by atoms with Crippen LogP contribution in [0.15, 0.2) is 63.5 Å². The molecule has 8 heteroatoms. The van der Waals surface area contributed by atoms with Gasteiger partial charge in [-0.05, 0) is 43.3 Å². The van der Waals surface area contributed by atoms with Gasteiger partial charge in [0, 0.05) is 11.1 Å². The summed E-state index contributed by atoms with van der Waals surface area (Å²) in [5.41, 5.74) is 2.12. The smallest absolute Gasteiger partial charge is 0.312 e. The molecule has 0 spiro atoms. The molecule has 0 aliphatic heterocycles. The van der Waals surface area contributed by atoms with Crippen LogP contribution in [0.1, 0.15) is 17.3 Å². The molecule has 2 heterocycles. The Hall–Kier alpha value is -3.94. The van der Waals surface area contributed by atoms with Crippen molar-refractivity contribution in [1.82, 2.24) is 15.1 Å². The van der Waals surface area contributed by atoms with Crippen LogP contribution in [-0.2, 0) is 22.6 Å². The van der Waals surface area contributed by atoms with E-state index in [0.29, 0.717) is 23.2 Å². The second kappa shape index (κ2) is 8.60. The van der Waals surface area contributed by atoms with Crippen LogP contribution in [0.4, 0.5) is 0 Å². The van der Waals surface area contributed by atoms with E-state index >= 15 is 0 Å². The molecule has 4 aromatic rings. The molecule has 2 aromatic heterocycles. The maximum atomic E-state index is 12.2. The van der Waals surface area contributed by atoms with Crippen LogP contribution < -0.4 is 4.74 Å². The Balaban J connectivity index is 1.35. The van der Waals surface area contributed by atoms with Crippen molar-refractivity contribution >= 4 is 5.97 Å². The van der Waals surface area contributed by atoms with Crippen molar-refractivity contribution in [2.24, 2.45) is 0 Å². The van der Waals surface area contributed by atoms with Gasteiger partial charge < -0.3 is 18.4 Å². The van der Waals surface area contributed by atoms with Crippen LogP contribution in [0.3, 0.4) is 0 Å². The first-order valence-corrected chi connectivity index (χ1v) is 9.26. The number of ether oxygens (including phenoxy) is 2. The first-order chi connectivity index (χ1) is 14.6. The number of hydrogen-bond donors (Lipinski definition) is 0. The lowest BCUT2D eigenvalue weighted by Gasteiger charge is -2.00. The summed E-state index contributed by atoms with van der Waals surface area (Å²) in [6.45, 7) is 1.67. The zero-order valence-corrected chi connectivity index (χ0v) is 16.5. The minimum absolute atomic E-state index is 0.00858. The van der Waals surface area contributed by atoms with Gasteiger partial charge in [-0.1, -0.05) is 23.4 Å². The van der Waals surface area contributed by atoms with Crippen LogP contribution in [0.5, 0.6) is 5.75 Å². The van der Waals surface area contributed by atoms with E-state index in [1.807, 2.05) is 30.3 Å². The number of aromatic nitrogens is 3. The molecule has 152 valence electrons. The number of rotatable bonds is 7. The maximum absolute atomic E-state index is 12.2. The highest BCUT2D eigenvalue weighted by atomic mass is 16.5. The fraction of sp³-hybridized carbons (Fsp3) is 0.182. The summed E-state index contributed by atoms with van der Waals surface area (Å²) >= 11 is 0. The molecule has 2 aromatic carbocycles. The van der Waals surface area contributed by atoms with Gasteiger partial charge in [0.15, 0.2) is 6.61 Å². The van der Waals surface area contributed by atoms with E-state index in [9.17, 15) is 4.79 Å². The molecule has 0 unspecified atom stereocenters. The number of carbonyl (C=O) groups is 1. The number of oxazole rings is 1. The van der Waals surface area contributed by atoms with Crippen molar-refractivity contribution < 1.29 is 23.2 Å². The van der Waals surface area contributed by atoms with E-state index in [2.05, 4.69) is 15.1 Å². The molecule has 0 aliphatic rings. The third-order valence-corrected chi connectivity index (χ3v) is 4.39. The lowest BCUT2D eigenvalue weighted by molar-refractivity contribution is -0.144. The highest BCUT2D eigenvalue weighted by molar-refractivity contribution is 5.72. The van der Waals surface area contributed by atoms with E-state index in [1.54, 1.807) is 38.3 Å². The predicted molar refractivity (Wildman–Crippen MR) is 106 cm³/mol. The van der Waals surface area contributed by atoms with Gasteiger partial charge in [0.2, 0.25) is 11.7 Å². The Bertz CT molecular complexity index is 1130. The number of nitrogens with zero attached hydrogens (tertiary/aromatic N) is 3. The summed E-state index contributed by atoms with van der Waals surface area (Å²) in [5.74, 6) is 1.93. The average molecular weight is 405 g/mol. The zero-order valence-electron chi connectivity index (χ0n) is 16.5. The van der Waals surface area contributed by atoms with Crippen molar-refractivity contribution in [3.63, 3.8) is 0 Å². The van der Waals surface area contributed by atoms with Gasteiger partial charge >= 0.3 is 5.97 Å². The summed E-state index contributed by atoms with van der Waals surface area (Å²) in [6, 6.07) is 16.7. The molecule has 8 nitrogen and oxygen atoms in total. The van der Waals surface area contributed by atoms with Gasteiger partial charge in [-0.25, -0.2) is 4.98 Å². The first-order valence-electron chi connectivity index (χ1n) is 9.26. The molecule has 0 aliphatic carbocycles. The highest BCUT2D eigenvalue weighted by Gasteiger charge is 2.17. The van der Waals surface area contributed by atoms with Crippen molar-refractivity contribution in [2.75, 3.05) is 7.11 Å². The molecule has 0 N–H and O–H groups in total. The number of benzene rings is 2. The number of carbonyl (C=O) groups excluding carboxylic acids is 1. The number of aryl methyl sites for hydroxylation is 1. The monoisotopic (exact) mass is 405 g/mol. The van der Waals surface area contributed by atoms with Crippen LogP contribution >= 0.6 is 0 Å². The number of hydrogen-bond acceptors (Lipinski definition) is 8. The molecular weight excluding hydrogens is 386 g/mol. The molecular formula is C22H19N3O5. The quantitative estimate of drug-likeness (QED) is 0.425. The zero-order chi connectivity index (χ0) is 20.9. The summed E-state index contributed by atoms with van der Waals surface area (Å²) < 4.78 is 21.3. The molecule has 0 saturated carbocycles. The summed E-state index contributed by atoms with van der Waals surface area (Å²) in [6.07, 6.45) is -0.00858. The lowest BCUT2D eigenvalue weighted by atomic mass is 10.2. The molecule has 0 fully saturated rings. The van der Waals surface area contributed by atoms with Crippen molar-refractivity contribution in [1.29, 1.82) is 0 Å². The standard InChI is InChI=1S/C22H19N3O5/c1-14-18(23-21(29-14)15-6-4-3-5-7-15)12-20(26)28-13-19-24-22(30-25-19)16-8-10-17(27-2)11-9-16/h3-11H,12-13H2,1-2H3. The predicted octanol–water partition coefficient (Wildman–Crippen LogP) is 3.99. The molecule has 0 saturated heterocycles. The second-order valence-electron chi connectivity index (χ2n) is 6.47. The van der Waals surface area contributed by atoms with Crippen LogP contribution in [0.2, 0.25) is 0 Å². The SMILES string of the molecule is COc1ccc(-c2nc(COC(=O)Cc3nc(-c4ccccc4)oc3C)no2)cc1. The van der Waals surface area contributed by atoms with E-state index in [1.165, 1.54) is 0 Å². The normalized spacial score (nSPS) is 10.7. The molecule has 0 radical (unpaired) electrons. The second-order valence-corrected chi connectivity index (χ2v) is 6.47. The van der Waals surface area contributed by atoms with Gasteiger partial charge in [-0.2, -0.15) is 4.98 Å². The van der Waals surface area contributed by atoms with Crippen molar-refractivity contribution in [3.8, 4) is 28.7 Å². The van der Waals surface area contributed by atoms with Crippen LogP contribution in [0, 0.1) is 6.92 Å². The van der Waals surface area contributed by atoms with Crippen LogP contribution in [0.25, 0.3) is 22.9 Å². The fourth-order valence-electron chi connectivity index (χ4n) is 2.79. The third kappa shape index (κ3) is 4.38. The molecule has 0 atom stereocenters. The number of esters is 1. The molecule has 0 bridgehead atoms. The largest absolute Gasteiger partial charge is 0.497 e. The van der Waals surface area contributed by atoms with Gasteiger partial charge in [0.1, 0.15) is 11.5 Å². The van der Waals surface area contributed by atoms with Gasteiger partial charge in [0.05, 0.1) is 19.2 Å². The Morgan fingerprint density at radius 2 is 1.70 bits per heavy atom. The maximum Gasteiger partial charge on any atom is 0.312 e. The van der Waals surface area contributed by atoms with E-state index in [0.717, 1.165) is 16.9 Å². The lowest BCUT2D eigenvalue weighted by Crippen LogP contribution is -2.09. The topological polar surface area (TPSA) is 100 Å². The highest BCUT2D eigenvalue weighted by Crippen LogP contribution is 2.22. The van der Waals surface area contributed by atoms with Gasteiger partial charge in [-0.3, -0.25) is 4.79 Å². The molecule has 30 heavy (non-hydrogen) atoms. The summed E-state index contributed by atoms with van der Waals surface area (Å²) in [4.78, 5) is 20.9. The Labute approximate surface area is 172 Å². The Kier molecular flexibility index (Phi) is 5.56. The number of methoxy groups -OCH3 is 1. The average Bonchev–Trinajstić information content (AvgIpc) is 3.40. The molecule has 4 rings (SSSR count). The Morgan fingerprint density at radius 3 is 2.43 bits per heavy atom.